The first kappa shape index (κ1) is 82.6. The van der Waals surface area contributed by atoms with Gasteiger partial charge < -0.3 is 0 Å². The average Bonchev–Trinajstić information content (AvgIpc) is 0.781. The predicted octanol–water partition coefficient (Wildman–Crippen LogP) is 35.4. The van der Waals surface area contributed by atoms with E-state index in [0.717, 1.165) is 104 Å². The Labute approximate surface area is 764 Å². The Hall–Kier alpha value is -15.4. The Morgan fingerprint density at radius 2 is 0.351 bits per heavy atom. The smallest absolute Gasteiger partial charge is 0.131 e. The molecule has 0 aliphatic rings. The van der Waals surface area contributed by atoms with Crippen LogP contribution in [0.5, 0.6) is 0 Å². The highest BCUT2D eigenvalue weighted by molar-refractivity contribution is 6.89. The summed E-state index contributed by atoms with van der Waals surface area (Å²) < 4.78 is 45.7. The van der Waals surface area contributed by atoms with Gasteiger partial charge in [-0.2, -0.15) is 0 Å². The molecule has 0 bridgehead atoms. The van der Waals surface area contributed by atoms with Crippen molar-refractivity contribution in [2.45, 2.75) is 39.3 Å². The van der Waals surface area contributed by atoms with Gasteiger partial charge in [-0.25, -0.2) is 13.2 Å². The molecule has 0 nitrogen and oxygen atoms in total. The van der Waals surface area contributed by atoms with Crippen molar-refractivity contribution < 1.29 is 13.2 Å². The Morgan fingerprint density at radius 1 is 0.137 bits per heavy atom. The molecule has 24 aromatic rings. The number of hydrogen-bond donors (Lipinski definition) is 0. The summed E-state index contributed by atoms with van der Waals surface area (Å²) in [5, 5.41) is 30.8. The molecular formula is C126H93F3Si2. The molecule has 5 heteroatoms. The molecule has 0 amide bonds. The molecule has 0 saturated carbocycles. The predicted molar refractivity (Wildman–Crippen MR) is 565 cm³/mol. The van der Waals surface area contributed by atoms with Crippen molar-refractivity contribution in [3.63, 3.8) is 0 Å². The summed E-state index contributed by atoms with van der Waals surface area (Å²) in [5.74, 6) is -0.588. The van der Waals surface area contributed by atoms with Gasteiger partial charge in [0.25, 0.3) is 0 Å². The van der Waals surface area contributed by atoms with E-state index in [1.165, 1.54) is 108 Å². The molecule has 24 rings (SSSR count). The summed E-state index contributed by atoms with van der Waals surface area (Å²) >= 11 is 0. The Kier molecular flexibility index (Phi) is 21.9. The maximum atomic E-state index is 15.3. The number of hydrogen-bond acceptors (Lipinski definition) is 0. The van der Waals surface area contributed by atoms with Gasteiger partial charge in [-0.3, -0.25) is 0 Å². The highest BCUT2D eigenvalue weighted by atomic mass is 28.3. The van der Waals surface area contributed by atoms with Gasteiger partial charge >= 0.3 is 0 Å². The van der Waals surface area contributed by atoms with E-state index in [1.807, 2.05) is 115 Å². The van der Waals surface area contributed by atoms with Gasteiger partial charge in [-0.05, 0) is 250 Å². The van der Waals surface area contributed by atoms with Crippen molar-refractivity contribution >= 4 is 156 Å². The molecule has 0 N–H and O–H groups in total. The SMILES string of the molecule is C[Si](C)(C)c1ccc2cc(-c3cccc4c(-c5ccc6cc([Si](C)(C)C)ccc6c5)cccc34)ccc2c1.Fc1ccc2c(-c3ccc4ccccc4c3)cccc2c1-c1ccc2ccccc2c1.Fc1ccc2c(-c3cccc4ccccc34)cccc2c1-c1ccc2ccccc2c1.Fc1ccc2c(-c3cccc4ccccc34)cccc2c1-c1cccc2ccccc12. The van der Waals surface area contributed by atoms with Crippen LogP contribution in [0.15, 0.2) is 455 Å². The van der Waals surface area contributed by atoms with Crippen LogP contribution < -0.4 is 10.4 Å². The third kappa shape index (κ3) is 16.1. The van der Waals surface area contributed by atoms with E-state index in [9.17, 15) is 0 Å². The minimum atomic E-state index is -1.33. The van der Waals surface area contributed by atoms with Crippen LogP contribution in [0.25, 0.3) is 218 Å². The second-order valence-corrected chi connectivity index (χ2v) is 46.6. The zero-order valence-electron chi connectivity index (χ0n) is 73.9. The lowest BCUT2D eigenvalue weighted by molar-refractivity contribution is 0.632. The largest absolute Gasteiger partial charge is 0.206 e. The zero-order chi connectivity index (χ0) is 89.0. The molecule has 24 aromatic carbocycles. The minimum absolute atomic E-state index is 0.195. The van der Waals surface area contributed by atoms with Gasteiger partial charge in [0.2, 0.25) is 0 Å². The van der Waals surface area contributed by atoms with Gasteiger partial charge in [0.05, 0.1) is 16.1 Å². The number of fused-ring (bicyclic) bond motifs is 12. The van der Waals surface area contributed by atoms with Crippen molar-refractivity contribution in [3.05, 3.63) is 472 Å². The second-order valence-electron chi connectivity index (χ2n) is 36.5. The van der Waals surface area contributed by atoms with Gasteiger partial charge in [0.1, 0.15) is 17.5 Å². The third-order valence-corrected chi connectivity index (χ3v) is 30.4. The van der Waals surface area contributed by atoms with Crippen LogP contribution >= 0.6 is 0 Å². The fourth-order valence-corrected chi connectivity index (χ4v) is 21.9. The van der Waals surface area contributed by atoms with E-state index in [4.69, 9.17) is 0 Å². The molecule has 131 heavy (non-hydrogen) atoms. The van der Waals surface area contributed by atoms with Crippen LogP contribution in [-0.2, 0) is 0 Å². The summed E-state index contributed by atoms with van der Waals surface area (Å²) in [7, 11) is -2.66. The van der Waals surface area contributed by atoms with Crippen LogP contribution in [0.2, 0.25) is 39.3 Å². The summed E-state index contributed by atoms with van der Waals surface area (Å²) in [4.78, 5) is 0. The van der Waals surface area contributed by atoms with Crippen molar-refractivity contribution in [2.24, 2.45) is 0 Å². The van der Waals surface area contributed by atoms with E-state index in [1.54, 1.807) is 18.2 Å². The third-order valence-electron chi connectivity index (χ3n) is 26.3. The number of halogens is 3. The summed E-state index contributed by atoms with van der Waals surface area (Å²) in [5.41, 5.74) is 16.7. The Bertz CT molecular complexity index is 8460. The summed E-state index contributed by atoms with van der Waals surface area (Å²) in [6.07, 6.45) is 0. The van der Waals surface area contributed by atoms with Crippen LogP contribution in [0, 0.1) is 17.5 Å². The van der Waals surface area contributed by atoms with Crippen molar-refractivity contribution in [3.8, 4) is 89.0 Å². The molecule has 0 aliphatic heterocycles. The van der Waals surface area contributed by atoms with Gasteiger partial charge in [-0.15, -0.1) is 0 Å². The topological polar surface area (TPSA) is 0 Å². The molecular weight excluding hydrogens is 1630 g/mol. The summed E-state index contributed by atoms with van der Waals surface area (Å²) in [6.45, 7) is 14.5. The van der Waals surface area contributed by atoms with E-state index < -0.39 is 16.1 Å². The maximum absolute atomic E-state index is 15.3. The molecule has 0 radical (unpaired) electrons. The quantitative estimate of drug-likeness (QED) is 0.120. The normalized spacial score (nSPS) is 11.7. The lowest BCUT2D eigenvalue weighted by Gasteiger charge is -2.18. The first-order chi connectivity index (χ1) is 64.0. The first-order valence-electron chi connectivity index (χ1n) is 45.1. The first-order valence-corrected chi connectivity index (χ1v) is 52.1. The molecule has 0 spiro atoms. The molecule has 0 unspecified atom stereocenters. The Morgan fingerprint density at radius 3 is 0.718 bits per heavy atom. The Balaban J connectivity index is 0.000000106. The second kappa shape index (κ2) is 34.7. The average molecular weight is 1720 g/mol. The van der Waals surface area contributed by atoms with Gasteiger partial charge in [0, 0.05) is 16.7 Å². The van der Waals surface area contributed by atoms with Crippen LogP contribution in [0.4, 0.5) is 13.2 Å². The van der Waals surface area contributed by atoms with E-state index >= 15 is 13.2 Å². The van der Waals surface area contributed by atoms with E-state index in [2.05, 4.69) is 361 Å². The molecule has 0 fully saturated rings. The fourth-order valence-electron chi connectivity index (χ4n) is 19.6. The number of benzene rings is 24. The van der Waals surface area contributed by atoms with Crippen molar-refractivity contribution in [1.82, 2.24) is 0 Å². The monoisotopic (exact) mass is 1720 g/mol. The maximum Gasteiger partial charge on any atom is 0.131 e. The van der Waals surface area contributed by atoms with Crippen LogP contribution in [-0.4, -0.2) is 16.1 Å². The van der Waals surface area contributed by atoms with E-state index in [0.29, 0.717) is 16.7 Å². The molecule has 626 valence electrons. The summed E-state index contributed by atoms with van der Waals surface area (Å²) in [6, 6.07) is 158. The lowest BCUT2D eigenvalue weighted by atomic mass is 9.89. The molecule has 0 aromatic heterocycles. The molecule has 0 aliphatic carbocycles. The fraction of sp³-hybridized carbons (Fsp3) is 0.0476. The zero-order valence-corrected chi connectivity index (χ0v) is 75.9. The molecule has 0 atom stereocenters. The van der Waals surface area contributed by atoms with Gasteiger partial charge in [-0.1, -0.05) is 456 Å². The van der Waals surface area contributed by atoms with Crippen molar-refractivity contribution in [2.75, 3.05) is 0 Å². The minimum Gasteiger partial charge on any atom is -0.206 e. The van der Waals surface area contributed by atoms with Crippen LogP contribution in [0.3, 0.4) is 0 Å². The molecule has 0 heterocycles. The number of rotatable bonds is 10. The standard InChI is InChI=1S/C36H36Si2.3C30H19F/c1-37(2,3)31-19-17-25-21-29(15-13-27(25)23-31)33-9-7-12-36-34(10-8-11-35(33)36)30-16-14-28-24-32(38(4,5)6)20-18-26(28)22-30;31-29-19-18-26-25(24-14-5-10-20-8-1-3-12-22(20)24)15-7-17-28(26)30(29)27-16-6-11-21-9-2-4-13-23(21)27;31-29-17-16-27-26(24-14-12-20-6-1-3-8-22(20)18-24)10-5-11-28(27)30(29)25-15-13-21-7-2-4-9-23(21)19-25;31-29-18-17-27-26(25-12-5-10-21-8-3-4-11-24(21)25)13-6-14-28(27)30(29)23-16-15-20-7-1-2-9-22(20)19-23/h7-24H,1-6H3;3*1-19H. The van der Waals surface area contributed by atoms with E-state index in [-0.39, 0.29) is 17.5 Å². The lowest BCUT2D eigenvalue weighted by Crippen LogP contribution is -2.37. The highest BCUT2D eigenvalue weighted by Crippen LogP contribution is 2.46. The van der Waals surface area contributed by atoms with Crippen LogP contribution in [0.1, 0.15) is 0 Å². The highest BCUT2D eigenvalue weighted by Gasteiger charge is 2.23. The van der Waals surface area contributed by atoms with Crippen molar-refractivity contribution in [1.29, 1.82) is 0 Å². The van der Waals surface area contributed by atoms with Gasteiger partial charge in [0.15, 0.2) is 0 Å². The molecule has 0 saturated heterocycles.